The fourth-order valence-electron chi connectivity index (χ4n) is 8.30. The maximum atomic E-state index is 14.4. The molecule has 3 N–H and O–H groups in total. The predicted molar refractivity (Wildman–Crippen MR) is 205 cm³/mol. The Morgan fingerprint density at radius 3 is 2.19 bits per heavy atom. The van der Waals surface area contributed by atoms with E-state index in [1.54, 1.807) is 28.0 Å². The van der Waals surface area contributed by atoms with E-state index in [0.717, 1.165) is 83.0 Å². The first-order valence-electron chi connectivity index (χ1n) is 19.9. The highest BCUT2D eigenvalue weighted by Crippen LogP contribution is 2.28. The molecule has 1 aromatic heterocycles. The van der Waals surface area contributed by atoms with Crippen LogP contribution in [-0.4, -0.2) is 125 Å². The number of aromatic nitrogens is 2. The van der Waals surface area contributed by atoms with Crippen molar-refractivity contribution in [1.82, 2.24) is 29.8 Å². The molecule has 3 aromatic rings. The number of halogens is 1. The predicted octanol–water partition coefficient (Wildman–Crippen LogP) is 3.95. The number of carbonyl (C=O) groups is 3. The molecule has 3 saturated heterocycles. The number of nitrogens with one attached hydrogen (secondary N) is 1. The number of carbonyl (C=O) groups excluding carboxylic acids is 3. The van der Waals surface area contributed by atoms with E-state index in [1.165, 1.54) is 31.4 Å². The zero-order valence-corrected chi connectivity index (χ0v) is 31.6. The summed E-state index contributed by atoms with van der Waals surface area (Å²) in [5.74, 6) is -0.398. The van der Waals surface area contributed by atoms with Crippen LogP contribution in [0.25, 0.3) is 10.8 Å². The Morgan fingerprint density at radius 2 is 1.54 bits per heavy atom. The third-order valence-corrected chi connectivity index (χ3v) is 11.7. The van der Waals surface area contributed by atoms with Crippen molar-refractivity contribution in [3.8, 4) is 0 Å². The van der Waals surface area contributed by atoms with E-state index in [9.17, 15) is 23.6 Å². The first-order valence-corrected chi connectivity index (χ1v) is 19.9. The van der Waals surface area contributed by atoms with Gasteiger partial charge in [-0.2, -0.15) is 5.10 Å². The van der Waals surface area contributed by atoms with Gasteiger partial charge in [0.1, 0.15) is 5.82 Å². The average molecular weight is 746 g/mol. The van der Waals surface area contributed by atoms with E-state index in [0.29, 0.717) is 67.4 Å². The Balaban J connectivity index is 0.000000186. The van der Waals surface area contributed by atoms with Gasteiger partial charge in [-0.1, -0.05) is 50.5 Å². The van der Waals surface area contributed by atoms with Crippen LogP contribution in [0.3, 0.4) is 0 Å². The molecule has 292 valence electrons. The minimum Gasteiger partial charge on any atom is -0.375 e. The molecule has 0 spiro atoms. The van der Waals surface area contributed by atoms with Crippen molar-refractivity contribution in [2.45, 2.75) is 89.4 Å². The average Bonchev–Trinajstić information content (AvgIpc) is 3.23. The molecule has 1 unspecified atom stereocenters. The number of amides is 3. The highest BCUT2D eigenvalue weighted by Gasteiger charge is 2.33. The van der Waals surface area contributed by atoms with E-state index in [2.05, 4.69) is 22.0 Å². The Morgan fingerprint density at radius 1 is 0.889 bits per heavy atom. The van der Waals surface area contributed by atoms with Crippen LogP contribution in [0.5, 0.6) is 0 Å². The summed E-state index contributed by atoms with van der Waals surface area (Å²) in [5, 5.41) is 7.88. The number of likely N-dealkylation sites (tertiary alicyclic amines) is 2. The number of nitrogens with zero attached hydrogens (tertiary/aromatic N) is 5. The Bertz CT molecular complexity index is 1770. The topological polar surface area (TPSA) is 145 Å². The van der Waals surface area contributed by atoms with Gasteiger partial charge in [0.2, 0.25) is 12.3 Å². The number of benzene rings is 2. The van der Waals surface area contributed by atoms with E-state index in [1.807, 2.05) is 17.0 Å². The monoisotopic (exact) mass is 745 g/mol. The molecule has 54 heavy (non-hydrogen) atoms. The summed E-state index contributed by atoms with van der Waals surface area (Å²) in [4.78, 5) is 55.9. The van der Waals surface area contributed by atoms with Gasteiger partial charge in [-0.05, 0) is 74.8 Å². The van der Waals surface area contributed by atoms with E-state index in [-0.39, 0.29) is 23.1 Å². The van der Waals surface area contributed by atoms with Gasteiger partial charge in [-0.25, -0.2) is 9.49 Å². The van der Waals surface area contributed by atoms with E-state index >= 15 is 0 Å². The first kappa shape index (κ1) is 39.5. The van der Waals surface area contributed by atoms with Crippen molar-refractivity contribution in [3.63, 3.8) is 0 Å². The van der Waals surface area contributed by atoms with Crippen molar-refractivity contribution in [1.29, 1.82) is 0 Å². The summed E-state index contributed by atoms with van der Waals surface area (Å²) in [5.41, 5.74) is 7.39. The highest BCUT2D eigenvalue weighted by atomic mass is 19.1. The Hall–Kier alpha value is -4.20. The molecule has 1 saturated carbocycles. The molecule has 4 heterocycles. The molecule has 2 aromatic carbocycles. The molecule has 0 radical (unpaired) electrons. The number of hydrogen-bond donors (Lipinski definition) is 2. The van der Waals surface area contributed by atoms with E-state index in [4.69, 9.17) is 10.5 Å². The molecule has 7 rings (SSSR count). The molecule has 4 aliphatic rings. The van der Waals surface area contributed by atoms with Crippen molar-refractivity contribution in [2.24, 2.45) is 11.7 Å². The zero-order valence-electron chi connectivity index (χ0n) is 31.6. The lowest BCUT2D eigenvalue weighted by atomic mass is 9.83. The number of piperazine rings is 1. The Kier molecular flexibility index (Phi) is 13.8. The quantitative estimate of drug-likeness (QED) is 0.314. The number of piperidine rings is 2. The van der Waals surface area contributed by atoms with Crippen LogP contribution in [0.4, 0.5) is 4.39 Å². The first-order chi connectivity index (χ1) is 26.2. The maximum Gasteiger partial charge on any atom is 0.272 e. The summed E-state index contributed by atoms with van der Waals surface area (Å²) in [6.07, 6.45) is 12.1. The van der Waals surface area contributed by atoms with E-state index < -0.39 is 11.7 Å². The van der Waals surface area contributed by atoms with Crippen LogP contribution in [-0.2, 0) is 20.7 Å². The standard InChI is InChI=1S/C21H19FN4O3.C20H37N3O2/c22-18-6-5-14(11-17(18)21(29)26-9-7-25(13-27)8-10-26)12-19-15-3-1-2-4-16(15)20(28)24-23-19;1-2-22-12-8-17(9-13-22)25-18-10-14-23(15-11-18)20(24)19(21)16-6-4-3-5-7-16/h1-6,11,13H,7-10,12H2,(H,24,28);16-19H,2-15,21H2,1H3. The minimum atomic E-state index is -0.587. The number of H-pyrrole nitrogens is 1. The summed E-state index contributed by atoms with van der Waals surface area (Å²) < 4.78 is 20.7. The largest absolute Gasteiger partial charge is 0.375 e. The Labute approximate surface area is 317 Å². The molecule has 0 bridgehead atoms. The molecule has 13 heteroatoms. The minimum absolute atomic E-state index is 0.00390. The van der Waals surface area contributed by atoms with Crippen molar-refractivity contribution in [2.75, 3.05) is 58.9 Å². The number of rotatable bonds is 9. The van der Waals surface area contributed by atoms with Crippen LogP contribution in [0.15, 0.2) is 47.3 Å². The number of hydrogen-bond acceptors (Lipinski definition) is 8. The smallest absolute Gasteiger partial charge is 0.272 e. The van der Waals surface area contributed by atoms with Crippen LogP contribution >= 0.6 is 0 Å². The third-order valence-electron chi connectivity index (χ3n) is 11.7. The lowest BCUT2D eigenvalue weighted by Gasteiger charge is -2.38. The molecule has 12 nitrogen and oxygen atoms in total. The van der Waals surface area contributed by atoms with Crippen LogP contribution in [0, 0.1) is 11.7 Å². The van der Waals surface area contributed by atoms with Gasteiger partial charge in [-0.15, -0.1) is 0 Å². The second kappa shape index (κ2) is 18.9. The van der Waals surface area contributed by atoms with Gasteiger partial charge in [0.15, 0.2) is 0 Å². The van der Waals surface area contributed by atoms with Crippen LogP contribution < -0.4 is 11.3 Å². The molecule has 1 aliphatic carbocycles. The van der Waals surface area contributed by atoms with Gasteiger partial charge in [0, 0.05) is 64.2 Å². The number of aromatic amines is 1. The fraction of sp³-hybridized carbons (Fsp3) is 0.585. The molecular weight excluding hydrogens is 689 g/mol. The summed E-state index contributed by atoms with van der Waals surface area (Å²) in [7, 11) is 0. The molecular formula is C41H56FN7O5. The second-order valence-electron chi connectivity index (χ2n) is 15.2. The van der Waals surface area contributed by atoms with Crippen molar-refractivity contribution < 1.29 is 23.5 Å². The van der Waals surface area contributed by atoms with Gasteiger partial charge < -0.3 is 30.1 Å². The van der Waals surface area contributed by atoms with Gasteiger partial charge in [0.25, 0.3) is 11.5 Å². The molecule has 1 atom stereocenters. The third kappa shape index (κ3) is 9.91. The van der Waals surface area contributed by atoms with Crippen molar-refractivity contribution >= 4 is 29.0 Å². The molecule has 3 aliphatic heterocycles. The number of nitrogens with two attached hydrogens (primary N) is 1. The van der Waals surface area contributed by atoms with Crippen molar-refractivity contribution in [3.05, 3.63) is 75.5 Å². The lowest BCUT2D eigenvalue weighted by molar-refractivity contribution is -0.138. The molecule has 3 amide bonds. The normalized spacial score (nSPS) is 20.0. The SMILES string of the molecule is CCN1CCC(OC2CCN(C(=O)C(N)C3CCCCC3)CC2)CC1.O=CN1CCN(C(=O)c2cc(Cc3n[nH]c(=O)c4ccccc34)ccc2F)CC1. The highest BCUT2D eigenvalue weighted by molar-refractivity contribution is 5.95. The lowest BCUT2D eigenvalue weighted by Crippen LogP contribution is -2.51. The summed E-state index contributed by atoms with van der Waals surface area (Å²) in [6, 6.07) is 11.3. The van der Waals surface area contributed by atoms with Gasteiger partial charge in [-0.3, -0.25) is 19.2 Å². The number of ether oxygens (including phenoxy) is 1. The zero-order chi connectivity index (χ0) is 38.0. The van der Waals surface area contributed by atoms with Crippen LogP contribution in [0.1, 0.15) is 86.3 Å². The molecule has 4 fully saturated rings. The fourth-order valence-corrected chi connectivity index (χ4v) is 8.30. The summed E-state index contributed by atoms with van der Waals surface area (Å²) in [6.45, 7) is 8.94. The summed E-state index contributed by atoms with van der Waals surface area (Å²) >= 11 is 0. The van der Waals surface area contributed by atoms with Crippen LogP contribution in [0.2, 0.25) is 0 Å². The maximum absolute atomic E-state index is 14.4. The van der Waals surface area contributed by atoms with Gasteiger partial charge in [0.05, 0.1) is 34.9 Å². The van der Waals surface area contributed by atoms with Gasteiger partial charge >= 0.3 is 0 Å². The second-order valence-corrected chi connectivity index (χ2v) is 15.2. The number of fused-ring (bicyclic) bond motifs is 1.